The number of hydrogen-bond acceptors (Lipinski definition) is 5. The fraction of sp³-hybridized carbons (Fsp3) is 0.533. The number of fused-ring (bicyclic) bond motifs is 3. The van der Waals surface area contributed by atoms with Crippen molar-refractivity contribution in [1.82, 2.24) is 25.1 Å². The monoisotopic (exact) mass is 284 g/mol. The third-order valence-electron chi connectivity index (χ3n) is 4.72. The Kier molecular flexibility index (Phi) is 3.11. The van der Waals surface area contributed by atoms with Crippen LogP contribution in [-0.4, -0.2) is 50.8 Å². The lowest BCUT2D eigenvalue weighted by Gasteiger charge is -2.45. The molecule has 5 rings (SSSR count). The number of nitrogens with one attached hydrogen (secondary N) is 1. The zero-order chi connectivity index (χ0) is 14.2. The number of rotatable bonds is 3. The second-order valence-electron chi connectivity index (χ2n) is 6.08. The zero-order valence-corrected chi connectivity index (χ0v) is 12.2. The first-order valence-corrected chi connectivity index (χ1v) is 7.64. The van der Waals surface area contributed by atoms with Crippen LogP contribution in [0.5, 0.6) is 0 Å². The van der Waals surface area contributed by atoms with Gasteiger partial charge in [0.15, 0.2) is 5.82 Å². The van der Waals surface area contributed by atoms with Gasteiger partial charge in [-0.15, -0.1) is 5.10 Å². The molecule has 6 nitrogen and oxygen atoms in total. The fourth-order valence-corrected chi connectivity index (χ4v) is 3.54. The molecular formula is C15H20N6. The van der Waals surface area contributed by atoms with Crippen molar-refractivity contribution in [3.05, 3.63) is 30.1 Å². The molecule has 0 amide bonds. The molecule has 0 saturated carbocycles. The van der Waals surface area contributed by atoms with E-state index in [1.807, 2.05) is 13.0 Å². The average molecular weight is 284 g/mol. The third-order valence-corrected chi connectivity index (χ3v) is 4.72. The fourth-order valence-electron chi connectivity index (χ4n) is 3.54. The second kappa shape index (κ2) is 5.11. The van der Waals surface area contributed by atoms with Gasteiger partial charge >= 0.3 is 0 Å². The van der Waals surface area contributed by atoms with Crippen molar-refractivity contribution in [2.75, 3.05) is 25.0 Å². The van der Waals surface area contributed by atoms with Gasteiger partial charge in [-0.05, 0) is 67.4 Å². The molecule has 3 aliphatic heterocycles. The summed E-state index contributed by atoms with van der Waals surface area (Å²) >= 11 is 0. The standard InChI is InChI=1S/C15H20N6/c1-11-17-18-19-21(11)14-4-2-3-13(9-14)16-15-10-20-7-5-12(15)6-8-20/h2-4,9,12,15-16H,5-8,10H2,1H3. The van der Waals surface area contributed by atoms with Crippen LogP contribution in [0.2, 0.25) is 0 Å². The highest BCUT2D eigenvalue weighted by Gasteiger charge is 2.33. The first-order valence-electron chi connectivity index (χ1n) is 7.64. The summed E-state index contributed by atoms with van der Waals surface area (Å²) in [5, 5.41) is 15.4. The minimum Gasteiger partial charge on any atom is -0.381 e. The number of nitrogens with zero attached hydrogens (tertiary/aromatic N) is 5. The minimum absolute atomic E-state index is 0.567. The maximum absolute atomic E-state index is 4.03. The maximum atomic E-state index is 4.03. The molecule has 3 aliphatic rings. The molecule has 21 heavy (non-hydrogen) atoms. The Morgan fingerprint density at radius 2 is 2.10 bits per heavy atom. The van der Waals surface area contributed by atoms with Crippen LogP contribution in [0.25, 0.3) is 5.69 Å². The van der Waals surface area contributed by atoms with Crippen molar-refractivity contribution >= 4 is 5.69 Å². The molecule has 3 fully saturated rings. The van der Waals surface area contributed by atoms with Gasteiger partial charge < -0.3 is 10.2 Å². The first-order chi connectivity index (χ1) is 10.3. The summed E-state index contributed by atoms with van der Waals surface area (Å²) in [5.74, 6) is 1.61. The van der Waals surface area contributed by atoms with Gasteiger partial charge in [0, 0.05) is 18.3 Å². The highest BCUT2D eigenvalue weighted by Crippen LogP contribution is 2.30. The van der Waals surface area contributed by atoms with E-state index in [2.05, 4.69) is 43.9 Å². The summed E-state index contributed by atoms with van der Waals surface area (Å²) in [6.45, 7) is 5.62. The Morgan fingerprint density at radius 1 is 1.24 bits per heavy atom. The van der Waals surface area contributed by atoms with Gasteiger partial charge in [0.1, 0.15) is 0 Å². The summed E-state index contributed by atoms with van der Waals surface area (Å²) in [4.78, 5) is 2.56. The van der Waals surface area contributed by atoms with Crippen LogP contribution >= 0.6 is 0 Å². The van der Waals surface area contributed by atoms with Gasteiger partial charge in [0.2, 0.25) is 0 Å². The Labute approximate surface area is 124 Å². The molecule has 3 saturated heterocycles. The minimum atomic E-state index is 0.567. The summed E-state index contributed by atoms with van der Waals surface area (Å²) in [5.41, 5.74) is 2.16. The highest BCUT2D eigenvalue weighted by atomic mass is 15.5. The molecule has 1 unspecified atom stereocenters. The van der Waals surface area contributed by atoms with Crippen molar-refractivity contribution in [3.63, 3.8) is 0 Å². The smallest absolute Gasteiger partial charge is 0.153 e. The van der Waals surface area contributed by atoms with Crippen LogP contribution in [0.15, 0.2) is 24.3 Å². The van der Waals surface area contributed by atoms with Gasteiger partial charge in [0.25, 0.3) is 0 Å². The zero-order valence-electron chi connectivity index (χ0n) is 12.2. The van der Waals surface area contributed by atoms with Crippen LogP contribution < -0.4 is 5.32 Å². The van der Waals surface area contributed by atoms with E-state index < -0.39 is 0 Å². The topological polar surface area (TPSA) is 58.9 Å². The number of benzene rings is 1. The normalized spacial score (nSPS) is 27.8. The predicted octanol–water partition coefficient (Wildman–Crippen LogP) is 1.48. The number of tetrazole rings is 1. The van der Waals surface area contributed by atoms with Crippen LogP contribution in [0.1, 0.15) is 18.7 Å². The lowest BCUT2D eigenvalue weighted by Crippen LogP contribution is -2.53. The van der Waals surface area contributed by atoms with Crippen molar-refractivity contribution < 1.29 is 0 Å². The van der Waals surface area contributed by atoms with E-state index in [4.69, 9.17) is 0 Å². The Hall–Kier alpha value is -1.95. The van der Waals surface area contributed by atoms with Crippen molar-refractivity contribution in [3.8, 4) is 5.69 Å². The molecular weight excluding hydrogens is 264 g/mol. The lowest BCUT2D eigenvalue weighted by atomic mass is 9.84. The largest absolute Gasteiger partial charge is 0.381 e. The van der Waals surface area contributed by atoms with E-state index in [1.54, 1.807) is 4.68 Å². The quantitative estimate of drug-likeness (QED) is 0.925. The molecule has 0 spiro atoms. The van der Waals surface area contributed by atoms with Crippen LogP contribution in [-0.2, 0) is 0 Å². The Bertz CT molecular complexity index is 629. The molecule has 4 heterocycles. The molecule has 1 atom stereocenters. The highest BCUT2D eigenvalue weighted by molar-refractivity contribution is 5.51. The second-order valence-corrected chi connectivity index (χ2v) is 6.08. The van der Waals surface area contributed by atoms with Gasteiger partial charge in [-0.25, -0.2) is 0 Å². The summed E-state index contributed by atoms with van der Waals surface area (Å²) in [6.07, 6.45) is 2.65. The summed E-state index contributed by atoms with van der Waals surface area (Å²) in [7, 11) is 0. The Morgan fingerprint density at radius 3 is 2.76 bits per heavy atom. The lowest BCUT2D eigenvalue weighted by molar-refractivity contribution is 0.0975. The van der Waals surface area contributed by atoms with Crippen molar-refractivity contribution in [1.29, 1.82) is 0 Å². The van der Waals surface area contributed by atoms with Crippen molar-refractivity contribution in [2.45, 2.75) is 25.8 Å². The molecule has 110 valence electrons. The predicted molar refractivity (Wildman–Crippen MR) is 80.5 cm³/mol. The molecule has 2 bridgehead atoms. The van der Waals surface area contributed by atoms with E-state index >= 15 is 0 Å². The van der Waals surface area contributed by atoms with Gasteiger partial charge in [-0.1, -0.05) is 6.07 Å². The summed E-state index contributed by atoms with van der Waals surface area (Å²) < 4.78 is 1.77. The van der Waals surface area contributed by atoms with Crippen LogP contribution in [0.3, 0.4) is 0 Å². The third kappa shape index (κ3) is 2.40. The number of anilines is 1. The molecule has 1 aromatic carbocycles. The molecule has 1 N–H and O–H groups in total. The number of hydrogen-bond donors (Lipinski definition) is 1. The van der Waals surface area contributed by atoms with Gasteiger partial charge in [0.05, 0.1) is 5.69 Å². The van der Waals surface area contributed by atoms with E-state index in [1.165, 1.54) is 32.5 Å². The van der Waals surface area contributed by atoms with Crippen LogP contribution in [0.4, 0.5) is 5.69 Å². The number of aromatic nitrogens is 4. The number of aryl methyl sites for hydroxylation is 1. The Balaban J connectivity index is 1.55. The van der Waals surface area contributed by atoms with Gasteiger partial charge in [-0.3, -0.25) is 0 Å². The van der Waals surface area contributed by atoms with E-state index in [0.717, 1.165) is 23.1 Å². The van der Waals surface area contributed by atoms with Gasteiger partial charge in [-0.2, -0.15) is 4.68 Å². The molecule has 0 aliphatic carbocycles. The van der Waals surface area contributed by atoms with E-state index in [9.17, 15) is 0 Å². The number of piperidine rings is 3. The first kappa shape index (κ1) is 12.8. The van der Waals surface area contributed by atoms with E-state index in [0.29, 0.717) is 6.04 Å². The SMILES string of the molecule is Cc1nnnn1-c1cccc(NC2CN3CCC2CC3)c1. The van der Waals surface area contributed by atoms with E-state index in [-0.39, 0.29) is 0 Å². The van der Waals surface area contributed by atoms with Crippen molar-refractivity contribution in [2.24, 2.45) is 5.92 Å². The molecule has 0 radical (unpaired) electrons. The van der Waals surface area contributed by atoms with Crippen LogP contribution in [0, 0.1) is 12.8 Å². The molecule has 2 aromatic rings. The maximum Gasteiger partial charge on any atom is 0.153 e. The summed E-state index contributed by atoms with van der Waals surface area (Å²) in [6, 6.07) is 8.91. The average Bonchev–Trinajstić information content (AvgIpc) is 2.95. The molecule has 6 heteroatoms. The molecule has 1 aromatic heterocycles.